The van der Waals surface area contributed by atoms with E-state index < -0.39 is 41.5 Å². The first-order valence-corrected chi connectivity index (χ1v) is 19.8. The van der Waals surface area contributed by atoms with Crippen LogP contribution in [-0.2, 0) is 33.1 Å². The summed E-state index contributed by atoms with van der Waals surface area (Å²) in [6.45, 7) is 4.25. The van der Waals surface area contributed by atoms with E-state index >= 15 is 0 Å². The maximum absolute atomic E-state index is 12.3. The maximum atomic E-state index is 12.3. The molecule has 0 heterocycles. The van der Waals surface area contributed by atoms with Crippen LogP contribution in [0.15, 0.2) is 94.7 Å². The van der Waals surface area contributed by atoms with E-state index in [0.29, 0.717) is 35.5 Å². The summed E-state index contributed by atoms with van der Waals surface area (Å²) < 4.78 is 78.0. The van der Waals surface area contributed by atoms with E-state index in [1.807, 2.05) is 12.1 Å². The third-order valence-electron chi connectivity index (χ3n) is 7.84. The van der Waals surface area contributed by atoms with E-state index in [-0.39, 0.29) is 49.2 Å². The minimum absolute atomic E-state index is 0. The molecule has 10 nitrogen and oxygen atoms in total. The fourth-order valence-corrected chi connectivity index (χ4v) is 6.49. The number of unbranched alkanes of at least 4 members (excludes halogenated alkanes) is 8. The molecule has 0 saturated heterocycles. The molecule has 4 aromatic carbocycles. The smallest absolute Gasteiger partial charge is 0.871 e. The largest absolute Gasteiger partial charge is 2.00 e. The molecule has 0 aliphatic rings. The van der Waals surface area contributed by atoms with Crippen molar-refractivity contribution in [1.82, 2.24) is 0 Å². The van der Waals surface area contributed by atoms with E-state index in [1.165, 1.54) is 6.07 Å². The van der Waals surface area contributed by atoms with E-state index in [1.54, 1.807) is 54.6 Å². The Kier molecular flexibility index (Phi) is 19.4. The first kappa shape index (κ1) is 44.3. The number of para-hydroxylation sites is 2. The molecule has 0 bridgehead atoms. The van der Waals surface area contributed by atoms with Gasteiger partial charge in [0.1, 0.15) is 43.8 Å². The molecule has 13 heteroatoms. The summed E-state index contributed by atoms with van der Waals surface area (Å²) in [5.74, 6) is 0.376. The van der Waals surface area contributed by atoms with E-state index in [9.17, 15) is 36.2 Å². The number of aryl methyl sites for hydroxylation is 2. The Labute approximate surface area is 332 Å². The number of hydrogen-bond donors (Lipinski definition) is 2. The van der Waals surface area contributed by atoms with E-state index in [2.05, 4.69) is 13.8 Å². The topological polar surface area (TPSA) is 173 Å². The molecule has 0 aliphatic heterocycles. The van der Waals surface area contributed by atoms with Gasteiger partial charge in [0.2, 0.25) is 0 Å². The van der Waals surface area contributed by atoms with Crippen LogP contribution in [-0.4, -0.2) is 68.8 Å². The van der Waals surface area contributed by atoms with Gasteiger partial charge in [-0.1, -0.05) is 113 Å². The van der Waals surface area contributed by atoms with Gasteiger partial charge in [-0.2, -0.15) is 8.42 Å². The zero-order valence-corrected chi connectivity index (χ0v) is 33.1. The average molecular weight is 767 g/mol. The average Bonchev–Trinajstić information content (AvgIpc) is 3.07. The second-order valence-electron chi connectivity index (χ2n) is 11.9. The Morgan fingerprint density at radius 1 is 0.588 bits per heavy atom. The second kappa shape index (κ2) is 22.3. The quantitative estimate of drug-likeness (QED) is 0.0568. The molecular weight excluding hydrogens is 721 g/mol. The fraction of sp³-hybridized carbons (Fsp3) is 0.368. The number of phenols is 1. The van der Waals surface area contributed by atoms with Crippen molar-refractivity contribution in [2.24, 2.45) is 0 Å². The van der Waals surface area contributed by atoms with Gasteiger partial charge in [0, 0.05) is 6.07 Å². The number of ether oxygens (including phenoxy) is 2. The number of hydrogen-bond acceptors (Lipinski definition) is 9. The summed E-state index contributed by atoms with van der Waals surface area (Å²) in [5, 5.41) is 22.5. The standard InChI is InChI=1S/2C19H24O5S.Ca/c2*1-2-3-4-5-7-10-15-13-17(24-16-11-8-6-9-12-16)14-18(19(15)20)25(21,22)23;/h2*6,8-9,11-14,20H,2-5,7,10H2,1H3,(H,21,22,23);/q;;+2/p-2. The monoisotopic (exact) mass is 766 g/mol. The molecule has 0 aliphatic carbocycles. The second-order valence-corrected chi connectivity index (χ2v) is 14.7. The number of phenolic OH excluding ortho intramolecular Hbond substituents is 1. The minimum atomic E-state index is -4.85. The normalized spacial score (nSPS) is 11.2. The maximum Gasteiger partial charge on any atom is 2.00 e. The molecule has 4 aromatic rings. The Bertz CT molecular complexity index is 1710. The van der Waals surface area contributed by atoms with Crippen molar-refractivity contribution >= 4 is 58.0 Å². The Balaban J connectivity index is 0.000000347. The van der Waals surface area contributed by atoms with Crippen molar-refractivity contribution in [1.29, 1.82) is 0 Å². The van der Waals surface area contributed by atoms with E-state index in [0.717, 1.165) is 76.3 Å². The van der Waals surface area contributed by atoms with Gasteiger partial charge < -0.3 is 24.2 Å². The predicted octanol–water partition coefficient (Wildman–Crippen LogP) is 8.53. The van der Waals surface area contributed by atoms with Crippen LogP contribution in [0.5, 0.6) is 34.5 Å². The Morgan fingerprint density at radius 2 is 1.00 bits per heavy atom. The molecule has 0 spiro atoms. The van der Waals surface area contributed by atoms with Gasteiger partial charge in [-0.15, -0.1) is 0 Å². The van der Waals surface area contributed by atoms with Crippen LogP contribution in [0.1, 0.15) is 89.2 Å². The van der Waals surface area contributed by atoms with Gasteiger partial charge in [0.15, 0.2) is 0 Å². The molecule has 0 radical (unpaired) electrons. The molecule has 51 heavy (non-hydrogen) atoms. The Hall–Kier alpha value is -2.84. The first-order valence-electron chi connectivity index (χ1n) is 16.9. The van der Waals surface area contributed by atoms with Crippen molar-refractivity contribution < 1.29 is 45.6 Å². The van der Waals surface area contributed by atoms with Gasteiger partial charge in [-0.05, 0) is 73.7 Å². The van der Waals surface area contributed by atoms with Gasteiger partial charge in [0.05, 0.1) is 4.90 Å². The molecule has 0 saturated carbocycles. The first-order chi connectivity index (χ1) is 23.8. The van der Waals surface area contributed by atoms with Crippen LogP contribution < -0.4 is 14.6 Å². The van der Waals surface area contributed by atoms with Crippen LogP contribution in [0, 0.1) is 0 Å². The molecular formula is C38H46CaO10S2. The summed E-state index contributed by atoms with van der Waals surface area (Å²) in [7, 11) is -9.39. The zero-order valence-electron chi connectivity index (χ0n) is 29.3. The van der Waals surface area contributed by atoms with Gasteiger partial charge >= 0.3 is 37.7 Å². The Morgan fingerprint density at radius 3 is 1.43 bits per heavy atom. The van der Waals surface area contributed by atoms with Crippen molar-refractivity contribution in [2.45, 2.75) is 101 Å². The van der Waals surface area contributed by atoms with Gasteiger partial charge in [-0.3, -0.25) is 4.55 Å². The van der Waals surface area contributed by atoms with Gasteiger partial charge in [-0.25, -0.2) is 8.42 Å². The van der Waals surface area contributed by atoms with Crippen LogP contribution in [0.2, 0.25) is 0 Å². The third kappa shape index (κ3) is 15.3. The van der Waals surface area contributed by atoms with Crippen LogP contribution in [0.25, 0.3) is 0 Å². The minimum Gasteiger partial charge on any atom is -0.871 e. The van der Waals surface area contributed by atoms with Crippen molar-refractivity contribution in [3.63, 3.8) is 0 Å². The van der Waals surface area contributed by atoms with Crippen molar-refractivity contribution in [3.8, 4) is 34.5 Å². The van der Waals surface area contributed by atoms with Crippen LogP contribution >= 0.6 is 0 Å². The van der Waals surface area contributed by atoms with Crippen LogP contribution in [0.4, 0.5) is 0 Å². The third-order valence-corrected chi connectivity index (χ3v) is 9.55. The molecule has 272 valence electrons. The molecule has 0 aromatic heterocycles. The van der Waals surface area contributed by atoms with Crippen molar-refractivity contribution in [2.75, 3.05) is 0 Å². The zero-order chi connectivity index (χ0) is 36.6. The van der Waals surface area contributed by atoms with Gasteiger partial charge in [0.25, 0.3) is 10.1 Å². The predicted molar refractivity (Wildman–Crippen MR) is 195 cm³/mol. The van der Waals surface area contributed by atoms with Crippen molar-refractivity contribution in [3.05, 3.63) is 96.1 Å². The summed E-state index contributed by atoms with van der Waals surface area (Å²) in [4.78, 5) is -1.27. The van der Waals surface area contributed by atoms with E-state index in [4.69, 9.17) is 9.47 Å². The number of aromatic hydroxyl groups is 1. The summed E-state index contributed by atoms with van der Waals surface area (Å²) in [5.41, 5.74) is 0.761. The molecule has 0 amide bonds. The summed E-state index contributed by atoms with van der Waals surface area (Å²) in [6.07, 6.45) is 11.2. The summed E-state index contributed by atoms with van der Waals surface area (Å²) >= 11 is 0. The molecule has 2 N–H and O–H groups in total. The molecule has 0 unspecified atom stereocenters. The molecule has 0 fully saturated rings. The number of rotatable bonds is 18. The molecule has 0 atom stereocenters. The molecule has 4 rings (SSSR count). The number of benzene rings is 4. The fourth-order valence-electron chi connectivity index (χ4n) is 5.23. The summed E-state index contributed by atoms with van der Waals surface area (Å²) in [6, 6.07) is 23.0. The van der Waals surface area contributed by atoms with Crippen LogP contribution in [0.3, 0.4) is 0 Å². The SMILES string of the molecule is CCCCCCCc1cc(Oc2ccccc2)cc(S(=O)(=O)O)c1O.CCCCCCCc1cc(Oc2ccccc2)cc(S(=O)(=O)[O-])c1[O-].[Ca+2].